The molecule has 1 aliphatic rings. The van der Waals surface area contributed by atoms with Crippen LogP contribution in [0, 0.1) is 11.8 Å². The Balaban J connectivity index is 0.00000120. The van der Waals surface area contributed by atoms with E-state index in [4.69, 9.17) is 14.9 Å². The van der Waals surface area contributed by atoms with Gasteiger partial charge in [0.15, 0.2) is 0 Å². The lowest BCUT2D eigenvalue weighted by atomic mass is 9.83. The molecule has 0 amide bonds. The first-order valence-electron chi connectivity index (χ1n) is 18.1. The van der Waals surface area contributed by atoms with E-state index in [1.165, 1.54) is 154 Å². The van der Waals surface area contributed by atoms with E-state index in [0.29, 0.717) is 25.0 Å². The van der Waals surface area contributed by atoms with E-state index < -0.39 is 0 Å². The summed E-state index contributed by atoms with van der Waals surface area (Å²) in [4.78, 5) is 0. The standard InChI is InChI=1S/C28H58O.C8H16O2/c1-3-5-7-9-11-13-15-17-19-21-23-25-27-29-28-26-24-22-20-18-16-14-12-10-8-6-4-2;9-5-7-1-2-8(6-10)4-3-7/h3-28H2,1-2H3;7-10H,1-6H2. The molecule has 3 nitrogen and oxygen atoms in total. The van der Waals surface area contributed by atoms with E-state index in [9.17, 15) is 0 Å². The van der Waals surface area contributed by atoms with Gasteiger partial charge in [-0.3, -0.25) is 0 Å². The van der Waals surface area contributed by atoms with Crippen molar-refractivity contribution in [2.45, 2.75) is 194 Å². The number of hydrogen-bond donors (Lipinski definition) is 2. The number of ether oxygens (including phenoxy) is 1. The highest BCUT2D eigenvalue weighted by Crippen LogP contribution is 2.27. The zero-order chi connectivity index (χ0) is 28.5. The Hall–Kier alpha value is -0.120. The third-order valence-electron chi connectivity index (χ3n) is 8.77. The van der Waals surface area contributed by atoms with Crippen LogP contribution in [0.4, 0.5) is 0 Å². The van der Waals surface area contributed by atoms with Crippen LogP contribution >= 0.6 is 0 Å². The van der Waals surface area contributed by atoms with Crippen LogP contribution < -0.4 is 0 Å². The second-order valence-corrected chi connectivity index (χ2v) is 12.6. The van der Waals surface area contributed by atoms with Crippen molar-refractivity contribution in [1.29, 1.82) is 0 Å². The number of unbranched alkanes of at least 4 members (excludes halogenated alkanes) is 22. The Kier molecular flexibility index (Phi) is 34.0. The zero-order valence-electron chi connectivity index (χ0n) is 27.1. The van der Waals surface area contributed by atoms with E-state index in [-0.39, 0.29) is 0 Å². The van der Waals surface area contributed by atoms with Gasteiger partial charge >= 0.3 is 0 Å². The van der Waals surface area contributed by atoms with Gasteiger partial charge in [0.05, 0.1) is 0 Å². The summed E-state index contributed by atoms with van der Waals surface area (Å²) in [6.45, 7) is 7.25. The largest absolute Gasteiger partial charge is 0.396 e. The molecule has 2 N–H and O–H groups in total. The van der Waals surface area contributed by atoms with Crippen LogP contribution in [-0.4, -0.2) is 36.6 Å². The minimum Gasteiger partial charge on any atom is -0.396 e. The summed E-state index contributed by atoms with van der Waals surface area (Å²) in [5, 5.41) is 17.6. The van der Waals surface area contributed by atoms with E-state index in [2.05, 4.69) is 13.8 Å². The fourth-order valence-electron chi connectivity index (χ4n) is 5.79. The summed E-state index contributed by atoms with van der Waals surface area (Å²) >= 11 is 0. The van der Waals surface area contributed by atoms with Crippen molar-refractivity contribution < 1.29 is 14.9 Å². The molecule has 0 atom stereocenters. The van der Waals surface area contributed by atoms with Crippen molar-refractivity contribution in [2.75, 3.05) is 26.4 Å². The monoisotopic (exact) mass is 555 g/mol. The van der Waals surface area contributed by atoms with E-state index >= 15 is 0 Å². The molecule has 1 fully saturated rings. The maximum atomic E-state index is 8.79. The molecule has 0 aromatic rings. The predicted molar refractivity (Wildman–Crippen MR) is 173 cm³/mol. The van der Waals surface area contributed by atoms with Crippen LogP contribution in [0.2, 0.25) is 0 Å². The Bertz CT molecular complexity index is 382. The molecule has 3 heteroatoms. The number of aliphatic hydroxyl groups excluding tert-OH is 2. The van der Waals surface area contributed by atoms with Crippen molar-refractivity contribution in [3.63, 3.8) is 0 Å². The second-order valence-electron chi connectivity index (χ2n) is 12.6. The molecule has 1 rings (SSSR count). The van der Waals surface area contributed by atoms with Gasteiger partial charge in [-0.25, -0.2) is 0 Å². The lowest BCUT2D eigenvalue weighted by molar-refractivity contribution is 0.125. The van der Waals surface area contributed by atoms with E-state index in [1.807, 2.05) is 0 Å². The number of hydrogen-bond acceptors (Lipinski definition) is 3. The van der Waals surface area contributed by atoms with Crippen molar-refractivity contribution in [1.82, 2.24) is 0 Å². The highest BCUT2D eigenvalue weighted by molar-refractivity contribution is 4.70. The van der Waals surface area contributed by atoms with Gasteiger partial charge in [-0.15, -0.1) is 0 Å². The van der Waals surface area contributed by atoms with Gasteiger partial charge in [0.1, 0.15) is 0 Å². The summed E-state index contributed by atoms with van der Waals surface area (Å²) < 4.78 is 5.82. The minimum atomic E-state index is 0.331. The van der Waals surface area contributed by atoms with Gasteiger partial charge in [-0.2, -0.15) is 0 Å². The third kappa shape index (κ3) is 30.7. The molecule has 0 saturated heterocycles. The molecule has 0 unspecified atom stereocenters. The zero-order valence-corrected chi connectivity index (χ0v) is 27.1. The van der Waals surface area contributed by atoms with Crippen molar-refractivity contribution in [3.8, 4) is 0 Å². The third-order valence-corrected chi connectivity index (χ3v) is 8.77. The molecule has 0 aliphatic heterocycles. The van der Waals surface area contributed by atoms with Crippen molar-refractivity contribution in [3.05, 3.63) is 0 Å². The van der Waals surface area contributed by atoms with Crippen molar-refractivity contribution >= 4 is 0 Å². The molecular formula is C36H74O3. The summed E-state index contributed by atoms with van der Waals surface area (Å²) in [5.74, 6) is 1.03. The molecule has 0 radical (unpaired) electrons. The summed E-state index contributed by atoms with van der Waals surface area (Å²) in [6, 6.07) is 0. The highest BCUT2D eigenvalue weighted by atomic mass is 16.5. The lowest BCUT2D eigenvalue weighted by Crippen LogP contribution is -2.19. The maximum Gasteiger partial charge on any atom is 0.0466 e. The second kappa shape index (κ2) is 34.1. The SMILES string of the molecule is CCCCCCCCCCCCCCOCCCCCCCCCCCCCC.OCC1CCC(CO)CC1. The van der Waals surface area contributed by atoms with Gasteiger partial charge in [-0.1, -0.05) is 155 Å². The normalized spacial score (nSPS) is 17.2. The Morgan fingerprint density at radius 3 is 0.846 bits per heavy atom. The van der Waals surface area contributed by atoms with E-state index in [0.717, 1.165) is 38.9 Å². The van der Waals surface area contributed by atoms with Gasteiger partial charge in [-0.05, 0) is 50.4 Å². The van der Waals surface area contributed by atoms with Gasteiger partial charge in [0.2, 0.25) is 0 Å². The van der Waals surface area contributed by atoms with Crippen LogP contribution in [-0.2, 0) is 4.74 Å². The first-order chi connectivity index (χ1) is 19.3. The van der Waals surface area contributed by atoms with Crippen LogP contribution in [0.1, 0.15) is 194 Å². The van der Waals surface area contributed by atoms with Crippen LogP contribution in [0.5, 0.6) is 0 Å². The average Bonchev–Trinajstić information content (AvgIpc) is 2.97. The lowest BCUT2D eigenvalue weighted by Gasteiger charge is -2.25. The Morgan fingerprint density at radius 1 is 0.385 bits per heavy atom. The van der Waals surface area contributed by atoms with Gasteiger partial charge in [0.25, 0.3) is 0 Å². The predicted octanol–water partition coefficient (Wildman–Crippen LogP) is 11.2. The molecule has 0 aromatic heterocycles. The fraction of sp³-hybridized carbons (Fsp3) is 1.00. The summed E-state index contributed by atoms with van der Waals surface area (Å²) in [6.07, 6.45) is 38.5. The van der Waals surface area contributed by atoms with Gasteiger partial charge in [0, 0.05) is 26.4 Å². The summed E-state index contributed by atoms with van der Waals surface area (Å²) in [7, 11) is 0. The maximum absolute atomic E-state index is 8.79. The number of aliphatic hydroxyl groups is 2. The number of rotatable bonds is 28. The minimum absolute atomic E-state index is 0.331. The molecular weight excluding hydrogens is 480 g/mol. The van der Waals surface area contributed by atoms with Gasteiger partial charge < -0.3 is 14.9 Å². The van der Waals surface area contributed by atoms with Crippen molar-refractivity contribution in [2.24, 2.45) is 11.8 Å². The smallest absolute Gasteiger partial charge is 0.0466 e. The molecule has 1 saturated carbocycles. The first-order valence-corrected chi connectivity index (χ1v) is 18.1. The molecule has 39 heavy (non-hydrogen) atoms. The Labute approximate surface area is 246 Å². The first kappa shape index (κ1) is 38.9. The highest BCUT2D eigenvalue weighted by Gasteiger charge is 2.19. The molecule has 236 valence electrons. The average molecular weight is 555 g/mol. The van der Waals surface area contributed by atoms with Crippen LogP contribution in [0.3, 0.4) is 0 Å². The molecule has 0 heterocycles. The fourth-order valence-corrected chi connectivity index (χ4v) is 5.79. The molecule has 0 bridgehead atoms. The topological polar surface area (TPSA) is 49.7 Å². The Morgan fingerprint density at radius 2 is 0.615 bits per heavy atom. The quantitative estimate of drug-likeness (QED) is 0.0945. The van der Waals surface area contributed by atoms with E-state index in [1.54, 1.807) is 0 Å². The van der Waals surface area contributed by atoms with Crippen LogP contribution in [0.15, 0.2) is 0 Å². The molecule has 1 aliphatic carbocycles. The molecule has 0 aromatic carbocycles. The van der Waals surface area contributed by atoms with Crippen LogP contribution in [0.25, 0.3) is 0 Å². The molecule has 0 spiro atoms. The summed E-state index contributed by atoms with van der Waals surface area (Å²) in [5.41, 5.74) is 0.